The highest BCUT2D eigenvalue weighted by Crippen LogP contribution is 2.32. The molecule has 2 rings (SSSR count). The maximum absolute atomic E-state index is 10.4. The van der Waals surface area contributed by atoms with Crippen LogP contribution >= 0.6 is 0 Å². The highest BCUT2D eigenvalue weighted by molar-refractivity contribution is 5.15. The zero-order valence-corrected chi connectivity index (χ0v) is 10.3. The van der Waals surface area contributed by atoms with Gasteiger partial charge in [0, 0.05) is 0 Å². The molecule has 0 aliphatic heterocycles. The van der Waals surface area contributed by atoms with Gasteiger partial charge < -0.3 is 10.2 Å². The molecule has 0 heterocycles. The van der Waals surface area contributed by atoms with Gasteiger partial charge in [0.25, 0.3) is 0 Å². The average molecular weight is 234 g/mol. The van der Waals surface area contributed by atoms with Crippen molar-refractivity contribution in [2.24, 2.45) is 0 Å². The first-order chi connectivity index (χ1) is 8.21. The van der Waals surface area contributed by atoms with Crippen LogP contribution in [0.15, 0.2) is 30.3 Å². The average Bonchev–Trinajstić information content (AvgIpc) is 2.38. The third-order valence-corrected chi connectivity index (χ3v) is 3.89. The Bertz CT molecular complexity index is 328. The summed E-state index contributed by atoms with van der Waals surface area (Å²) in [4.78, 5) is 0. The molecule has 1 aromatic carbocycles. The minimum absolute atomic E-state index is 0.581. The second-order valence-electron chi connectivity index (χ2n) is 5.20. The SMILES string of the molecule is OC(CCc1ccccc1)C1(O)CCCCC1. The third kappa shape index (κ3) is 3.30. The van der Waals surface area contributed by atoms with Gasteiger partial charge in [-0.05, 0) is 31.2 Å². The van der Waals surface area contributed by atoms with Gasteiger partial charge in [0.1, 0.15) is 0 Å². The van der Waals surface area contributed by atoms with Gasteiger partial charge >= 0.3 is 0 Å². The summed E-state index contributed by atoms with van der Waals surface area (Å²) in [5.74, 6) is 0. The van der Waals surface area contributed by atoms with Crippen molar-refractivity contribution in [3.63, 3.8) is 0 Å². The van der Waals surface area contributed by atoms with Crippen molar-refractivity contribution in [2.45, 2.75) is 56.7 Å². The normalized spacial score (nSPS) is 21.1. The van der Waals surface area contributed by atoms with Crippen molar-refractivity contribution < 1.29 is 10.2 Å². The minimum Gasteiger partial charge on any atom is -0.390 e. The summed E-state index contributed by atoms with van der Waals surface area (Å²) in [6, 6.07) is 10.2. The number of aryl methyl sites for hydroxylation is 1. The van der Waals surface area contributed by atoms with Gasteiger partial charge in [-0.1, -0.05) is 49.6 Å². The van der Waals surface area contributed by atoms with E-state index < -0.39 is 11.7 Å². The van der Waals surface area contributed by atoms with Crippen LogP contribution in [0.2, 0.25) is 0 Å². The molecule has 1 fully saturated rings. The van der Waals surface area contributed by atoms with Crippen LogP contribution in [0.5, 0.6) is 0 Å². The van der Waals surface area contributed by atoms with E-state index in [1.54, 1.807) is 0 Å². The molecule has 2 nitrogen and oxygen atoms in total. The van der Waals surface area contributed by atoms with Crippen molar-refractivity contribution in [2.75, 3.05) is 0 Å². The molecule has 1 unspecified atom stereocenters. The Labute approximate surface area is 103 Å². The van der Waals surface area contributed by atoms with Crippen LogP contribution in [-0.2, 0) is 6.42 Å². The summed E-state index contributed by atoms with van der Waals surface area (Å²) in [5.41, 5.74) is 0.401. The monoisotopic (exact) mass is 234 g/mol. The first-order valence-corrected chi connectivity index (χ1v) is 6.65. The standard InChI is InChI=1S/C15H22O2/c16-14(15(17)11-5-2-6-12-15)10-9-13-7-3-1-4-8-13/h1,3-4,7-8,14,16-17H,2,5-6,9-12H2. The molecule has 17 heavy (non-hydrogen) atoms. The fourth-order valence-corrected chi connectivity index (χ4v) is 2.71. The van der Waals surface area contributed by atoms with Gasteiger partial charge in [-0.3, -0.25) is 0 Å². The molecular formula is C15H22O2. The first-order valence-electron chi connectivity index (χ1n) is 6.65. The van der Waals surface area contributed by atoms with Crippen molar-refractivity contribution in [1.82, 2.24) is 0 Å². The van der Waals surface area contributed by atoms with E-state index in [2.05, 4.69) is 12.1 Å². The number of benzene rings is 1. The van der Waals surface area contributed by atoms with Crippen LogP contribution in [0.4, 0.5) is 0 Å². The van der Waals surface area contributed by atoms with E-state index in [9.17, 15) is 10.2 Å². The Morgan fingerprint density at radius 1 is 1.06 bits per heavy atom. The lowest BCUT2D eigenvalue weighted by atomic mass is 9.79. The lowest BCUT2D eigenvalue weighted by molar-refractivity contribution is -0.0992. The molecule has 0 bridgehead atoms. The van der Waals surface area contributed by atoms with Crippen LogP contribution < -0.4 is 0 Å². The topological polar surface area (TPSA) is 40.5 Å². The highest BCUT2D eigenvalue weighted by Gasteiger charge is 2.36. The zero-order valence-electron chi connectivity index (χ0n) is 10.3. The van der Waals surface area contributed by atoms with Crippen LogP contribution in [0.3, 0.4) is 0 Å². The van der Waals surface area contributed by atoms with Crippen LogP contribution in [0.1, 0.15) is 44.1 Å². The molecule has 0 radical (unpaired) electrons. The van der Waals surface area contributed by atoms with Gasteiger partial charge in [0.05, 0.1) is 11.7 Å². The molecule has 1 saturated carbocycles. The number of aliphatic hydroxyl groups excluding tert-OH is 1. The summed E-state index contributed by atoms with van der Waals surface area (Å²) in [7, 11) is 0. The van der Waals surface area contributed by atoms with E-state index in [0.29, 0.717) is 6.42 Å². The van der Waals surface area contributed by atoms with Gasteiger partial charge in [-0.2, -0.15) is 0 Å². The molecule has 1 aliphatic rings. The van der Waals surface area contributed by atoms with Crippen LogP contribution in [0.25, 0.3) is 0 Å². The predicted octanol–water partition coefficient (Wildman–Crippen LogP) is 2.68. The number of rotatable bonds is 4. The largest absolute Gasteiger partial charge is 0.390 e. The maximum atomic E-state index is 10.4. The molecule has 0 saturated heterocycles. The zero-order chi connectivity index (χ0) is 12.1. The number of hydrogen-bond acceptors (Lipinski definition) is 2. The van der Waals surface area contributed by atoms with E-state index in [-0.39, 0.29) is 0 Å². The highest BCUT2D eigenvalue weighted by atomic mass is 16.3. The van der Waals surface area contributed by atoms with E-state index in [1.807, 2.05) is 18.2 Å². The van der Waals surface area contributed by atoms with Crippen LogP contribution in [0, 0.1) is 0 Å². The molecule has 1 aromatic rings. The summed E-state index contributed by atoms with van der Waals surface area (Å²) in [6.07, 6.45) is 5.69. The van der Waals surface area contributed by atoms with Gasteiger partial charge in [0.15, 0.2) is 0 Å². The Hall–Kier alpha value is -0.860. The maximum Gasteiger partial charge on any atom is 0.0905 e. The first kappa shape index (κ1) is 12.6. The second-order valence-corrected chi connectivity index (χ2v) is 5.20. The molecule has 0 amide bonds. The second kappa shape index (κ2) is 5.65. The number of aliphatic hydroxyl groups is 2. The van der Waals surface area contributed by atoms with E-state index >= 15 is 0 Å². The molecule has 2 N–H and O–H groups in total. The molecule has 0 aromatic heterocycles. The predicted molar refractivity (Wildman–Crippen MR) is 68.8 cm³/mol. The Morgan fingerprint density at radius 3 is 2.35 bits per heavy atom. The molecule has 94 valence electrons. The third-order valence-electron chi connectivity index (χ3n) is 3.89. The fraction of sp³-hybridized carbons (Fsp3) is 0.600. The van der Waals surface area contributed by atoms with Gasteiger partial charge in [-0.25, -0.2) is 0 Å². The summed E-state index contributed by atoms with van der Waals surface area (Å²) >= 11 is 0. The number of hydrogen-bond donors (Lipinski definition) is 2. The van der Waals surface area contributed by atoms with Crippen molar-refractivity contribution in [1.29, 1.82) is 0 Å². The Kier molecular flexibility index (Phi) is 4.19. The van der Waals surface area contributed by atoms with Crippen molar-refractivity contribution >= 4 is 0 Å². The molecule has 0 spiro atoms. The van der Waals surface area contributed by atoms with Gasteiger partial charge in [-0.15, -0.1) is 0 Å². The summed E-state index contributed by atoms with van der Waals surface area (Å²) < 4.78 is 0. The van der Waals surface area contributed by atoms with E-state index in [1.165, 1.54) is 12.0 Å². The molecule has 1 atom stereocenters. The van der Waals surface area contributed by atoms with Crippen LogP contribution in [-0.4, -0.2) is 21.9 Å². The Morgan fingerprint density at radius 2 is 1.71 bits per heavy atom. The van der Waals surface area contributed by atoms with E-state index in [4.69, 9.17) is 0 Å². The molecular weight excluding hydrogens is 212 g/mol. The van der Waals surface area contributed by atoms with Gasteiger partial charge in [0.2, 0.25) is 0 Å². The van der Waals surface area contributed by atoms with Crippen molar-refractivity contribution in [3.05, 3.63) is 35.9 Å². The van der Waals surface area contributed by atoms with E-state index in [0.717, 1.165) is 32.1 Å². The molecule has 1 aliphatic carbocycles. The molecule has 2 heteroatoms. The fourth-order valence-electron chi connectivity index (χ4n) is 2.71. The van der Waals surface area contributed by atoms with Crippen molar-refractivity contribution in [3.8, 4) is 0 Å². The Balaban J connectivity index is 1.86. The lowest BCUT2D eigenvalue weighted by Crippen LogP contribution is -2.44. The quantitative estimate of drug-likeness (QED) is 0.841. The lowest BCUT2D eigenvalue weighted by Gasteiger charge is -2.36. The summed E-state index contributed by atoms with van der Waals surface area (Å²) in [6.45, 7) is 0. The smallest absolute Gasteiger partial charge is 0.0905 e. The summed E-state index contributed by atoms with van der Waals surface area (Å²) in [5, 5.41) is 20.5. The minimum atomic E-state index is -0.826.